The summed E-state index contributed by atoms with van der Waals surface area (Å²) in [5.41, 5.74) is 0.442. The third kappa shape index (κ3) is 5.51. The van der Waals surface area contributed by atoms with Gasteiger partial charge in [-0.3, -0.25) is 10.3 Å². The van der Waals surface area contributed by atoms with Gasteiger partial charge in [-0.25, -0.2) is 4.98 Å². The lowest BCUT2D eigenvalue weighted by molar-refractivity contribution is -0.141. The molecule has 3 aromatic rings. The van der Waals surface area contributed by atoms with Crippen molar-refractivity contribution in [2.24, 2.45) is 4.99 Å². The van der Waals surface area contributed by atoms with Gasteiger partial charge in [-0.15, -0.1) is 0 Å². The van der Waals surface area contributed by atoms with Crippen molar-refractivity contribution in [3.63, 3.8) is 0 Å². The monoisotopic (exact) mass is 465 g/mol. The first kappa shape index (κ1) is 22.8. The predicted molar refractivity (Wildman–Crippen MR) is 110 cm³/mol. The number of rotatable bonds is 4. The molecule has 2 aromatic carbocycles. The van der Waals surface area contributed by atoms with Crippen molar-refractivity contribution in [2.45, 2.75) is 25.1 Å². The van der Waals surface area contributed by atoms with Crippen molar-refractivity contribution >= 4 is 6.21 Å². The lowest BCUT2D eigenvalue weighted by Gasteiger charge is -2.18. The van der Waals surface area contributed by atoms with Gasteiger partial charge in [0.1, 0.15) is 11.4 Å². The first-order chi connectivity index (χ1) is 15.6. The fourth-order valence-corrected chi connectivity index (χ4v) is 3.29. The summed E-state index contributed by atoms with van der Waals surface area (Å²) < 4.78 is 82.7. The first-order valence-electron chi connectivity index (χ1n) is 9.84. The van der Waals surface area contributed by atoms with E-state index in [9.17, 15) is 26.3 Å². The molecule has 0 saturated heterocycles. The van der Waals surface area contributed by atoms with Crippen molar-refractivity contribution in [1.82, 2.24) is 10.3 Å². The first-order valence-corrected chi connectivity index (χ1v) is 9.84. The van der Waals surface area contributed by atoms with Crippen molar-refractivity contribution in [1.29, 1.82) is 0 Å². The van der Waals surface area contributed by atoms with E-state index in [1.807, 2.05) is 0 Å². The Morgan fingerprint density at radius 2 is 1.61 bits per heavy atom. The number of alkyl halides is 6. The van der Waals surface area contributed by atoms with Crippen LogP contribution in [0.1, 0.15) is 22.5 Å². The Bertz CT molecular complexity index is 1160. The zero-order valence-electron chi connectivity index (χ0n) is 16.9. The average molecular weight is 465 g/mol. The second kappa shape index (κ2) is 8.86. The van der Waals surface area contributed by atoms with Gasteiger partial charge >= 0.3 is 12.4 Å². The molecule has 0 fully saturated rings. The van der Waals surface area contributed by atoms with Crippen LogP contribution in [-0.4, -0.2) is 24.0 Å². The summed E-state index contributed by atoms with van der Waals surface area (Å²) in [5, 5.41) is 2.99. The van der Waals surface area contributed by atoms with Gasteiger partial charge in [0.25, 0.3) is 0 Å². The number of nitrogens with one attached hydrogen (secondary N) is 1. The van der Waals surface area contributed by atoms with Gasteiger partial charge in [0.15, 0.2) is 6.23 Å². The second-order valence-corrected chi connectivity index (χ2v) is 7.32. The number of halogens is 6. The van der Waals surface area contributed by atoms with Gasteiger partial charge < -0.3 is 4.74 Å². The summed E-state index contributed by atoms with van der Waals surface area (Å²) in [5.74, 6) is 0.487. The number of aliphatic imine (C=N–C) groups is 1. The van der Waals surface area contributed by atoms with Gasteiger partial charge in [0.2, 0.25) is 0 Å². The van der Waals surface area contributed by atoms with Crippen molar-refractivity contribution in [3.8, 4) is 16.9 Å². The Morgan fingerprint density at radius 3 is 2.30 bits per heavy atom. The molecule has 1 unspecified atom stereocenters. The zero-order chi connectivity index (χ0) is 23.6. The standard InChI is InChI=1S/C23H17F6N3O/c24-22(25,26)17-7-4-14(5-8-17)15-6-9-19-16(10-15)11-30-13-21(33-19)31-12-18-2-1-3-20(32-18)23(27,28)29/h1-11,21,31H,12-13H2. The smallest absolute Gasteiger partial charge is 0.433 e. The molecule has 1 atom stereocenters. The molecule has 4 rings (SSSR count). The third-order valence-corrected chi connectivity index (χ3v) is 4.93. The molecule has 0 radical (unpaired) electrons. The third-order valence-electron chi connectivity index (χ3n) is 4.93. The molecule has 172 valence electrons. The Labute approximate surface area is 185 Å². The van der Waals surface area contributed by atoms with Crippen LogP contribution in [0.4, 0.5) is 26.3 Å². The highest BCUT2D eigenvalue weighted by molar-refractivity contribution is 5.86. The summed E-state index contributed by atoms with van der Waals surface area (Å²) >= 11 is 0. The van der Waals surface area contributed by atoms with Crippen molar-refractivity contribution in [3.05, 3.63) is 83.2 Å². The Hall–Kier alpha value is -3.40. The van der Waals surface area contributed by atoms with Crippen LogP contribution in [0.2, 0.25) is 0 Å². The molecule has 0 amide bonds. The summed E-state index contributed by atoms with van der Waals surface area (Å²) in [7, 11) is 0. The van der Waals surface area contributed by atoms with E-state index in [4.69, 9.17) is 4.74 Å². The molecular weight excluding hydrogens is 448 g/mol. The molecule has 33 heavy (non-hydrogen) atoms. The van der Waals surface area contributed by atoms with Crippen LogP contribution in [0, 0.1) is 0 Å². The minimum Gasteiger partial charge on any atom is -0.473 e. The fourth-order valence-electron chi connectivity index (χ4n) is 3.29. The minimum absolute atomic E-state index is 0.0447. The number of benzene rings is 2. The molecule has 0 bridgehead atoms. The minimum atomic E-state index is -4.52. The van der Waals surface area contributed by atoms with Crippen LogP contribution in [-0.2, 0) is 18.9 Å². The van der Waals surface area contributed by atoms with E-state index in [1.54, 1.807) is 24.4 Å². The highest BCUT2D eigenvalue weighted by atomic mass is 19.4. The van der Waals surface area contributed by atoms with Gasteiger partial charge in [0, 0.05) is 18.3 Å². The van der Waals surface area contributed by atoms with Gasteiger partial charge in [-0.1, -0.05) is 24.3 Å². The van der Waals surface area contributed by atoms with Gasteiger partial charge in [0.05, 0.1) is 17.8 Å². The van der Waals surface area contributed by atoms with Crippen LogP contribution in [0.5, 0.6) is 5.75 Å². The van der Waals surface area contributed by atoms with E-state index in [0.29, 0.717) is 22.4 Å². The molecule has 1 N–H and O–H groups in total. The van der Waals surface area contributed by atoms with Crippen LogP contribution in [0.15, 0.2) is 65.7 Å². The molecular formula is C23H17F6N3O. The number of hydrogen-bond donors (Lipinski definition) is 1. The summed E-state index contributed by atoms with van der Waals surface area (Å²) in [6, 6.07) is 13.6. The van der Waals surface area contributed by atoms with E-state index >= 15 is 0 Å². The van der Waals surface area contributed by atoms with E-state index in [1.165, 1.54) is 24.3 Å². The zero-order valence-corrected chi connectivity index (χ0v) is 16.9. The molecule has 0 spiro atoms. The maximum Gasteiger partial charge on any atom is 0.433 e. The molecule has 10 heteroatoms. The Morgan fingerprint density at radius 1 is 0.879 bits per heavy atom. The highest BCUT2D eigenvalue weighted by Crippen LogP contribution is 2.32. The fraction of sp³-hybridized carbons (Fsp3) is 0.217. The van der Waals surface area contributed by atoms with E-state index < -0.39 is 29.8 Å². The number of fused-ring (bicyclic) bond motifs is 1. The molecule has 0 aliphatic carbocycles. The SMILES string of the molecule is FC(F)(F)c1ccc(-c2ccc3c(c2)C=NCC(NCc2cccc(C(F)(F)F)n2)O3)cc1. The second-order valence-electron chi connectivity index (χ2n) is 7.32. The van der Waals surface area contributed by atoms with Gasteiger partial charge in [-0.2, -0.15) is 26.3 Å². The molecule has 0 saturated carbocycles. The maximum absolute atomic E-state index is 12.8. The lowest BCUT2D eigenvalue weighted by atomic mass is 10.0. The van der Waals surface area contributed by atoms with Crippen LogP contribution >= 0.6 is 0 Å². The normalized spacial score (nSPS) is 16.1. The summed E-state index contributed by atoms with van der Waals surface area (Å²) in [4.78, 5) is 7.89. The number of aromatic nitrogens is 1. The van der Waals surface area contributed by atoms with Gasteiger partial charge in [-0.05, 0) is 47.5 Å². The number of hydrogen-bond acceptors (Lipinski definition) is 4. The maximum atomic E-state index is 12.8. The topological polar surface area (TPSA) is 46.5 Å². The Balaban J connectivity index is 1.45. The highest BCUT2D eigenvalue weighted by Gasteiger charge is 2.32. The quantitative estimate of drug-likeness (QED) is 0.502. The molecule has 1 aliphatic heterocycles. The van der Waals surface area contributed by atoms with Crippen LogP contribution in [0.3, 0.4) is 0 Å². The summed E-state index contributed by atoms with van der Waals surface area (Å²) in [6.07, 6.45) is -7.94. The van der Waals surface area contributed by atoms with Crippen LogP contribution < -0.4 is 10.1 Å². The molecule has 1 aromatic heterocycles. The van der Waals surface area contributed by atoms with Crippen LogP contribution in [0.25, 0.3) is 11.1 Å². The largest absolute Gasteiger partial charge is 0.473 e. The molecule has 2 heterocycles. The molecule has 1 aliphatic rings. The number of nitrogens with zero attached hydrogens (tertiary/aromatic N) is 2. The van der Waals surface area contributed by atoms with E-state index in [2.05, 4.69) is 15.3 Å². The Kier molecular flexibility index (Phi) is 6.11. The van der Waals surface area contributed by atoms with Crippen molar-refractivity contribution < 1.29 is 31.1 Å². The van der Waals surface area contributed by atoms with Crippen molar-refractivity contribution in [2.75, 3.05) is 6.54 Å². The van der Waals surface area contributed by atoms with E-state index in [0.717, 1.165) is 18.2 Å². The lowest BCUT2D eigenvalue weighted by Crippen LogP contribution is -2.36. The molecule has 4 nitrogen and oxygen atoms in total. The number of ether oxygens (including phenoxy) is 1. The predicted octanol–water partition coefficient (Wildman–Crippen LogP) is 5.71. The number of pyridine rings is 1. The van der Waals surface area contributed by atoms with E-state index in [-0.39, 0.29) is 18.8 Å². The summed E-state index contributed by atoms with van der Waals surface area (Å²) in [6.45, 7) is 0.256. The average Bonchev–Trinajstić information content (AvgIpc) is 2.98.